The fourth-order valence-electron chi connectivity index (χ4n) is 2.46. The number of imidazole rings is 2. The number of aromatic nitrogens is 10. The molecule has 4 heterocycles. The molecule has 0 spiro atoms. The Morgan fingerprint density at radius 2 is 1.08 bits per heavy atom. The highest BCUT2D eigenvalue weighted by Gasteiger charge is 2.16. The van der Waals surface area contributed by atoms with Crippen LogP contribution >= 0.6 is 0 Å². The molecule has 200 valence electrons. The van der Waals surface area contributed by atoms with Gasteiger partial charge in [0.15, 0.2) is 0 Å². The normalized spacial score (nSPS) is 11.9. The molecule has 0 aliphatic rings. The Hall–Kier alpha value is -3.30. The number of hydrogen-bond donors (Lipinski definition) is 4. The van der Waals surface area contributed by atoms with Gasteiger partial charge >= 0.3 is 0 Å². The van der Waals surface area contributed by atoms with Gasteiger partial charge in [0.1, 0.15) is 12.2 Å². The fraction of sp³-hybridized carbons (Fsp3) is 0.615. The Morgan fingerprint density at radius 3 is 1.25 bits per heavy atom. The second kappa shape index (κ2) is 12.6. The van der Waals surface area contributed by atoms with Crippen molar-refractivity contribution >= 4 is 0 Å². The van der Waals surface area contributed by atoms with E-state index in [0.29, 0.717) is 0 Å². The molecule has 0 fully saturated rings. The van der Waals surface area contributed by atoms with E-state index in [0.717, 1.165) is 11.5 Å². The number of nitrogens with one attached hydrogen (secondary N) is 4. The summed E-state index contributed by atoms with van der Waals surface area (Å²) in [6.07, 6.45) is 10.4. The van der Waals surface area contributed by atoms with Gasteiger partial charge in [0, 0.05) is 45.4 Å². The lowest BCUT2D eigenvalue weighted by molar-refractivity contribution is 0.548. The average Bonchev–Trinajstić information content (AvgIpc) is 3.57. The van der Waals surface area contributed by atoms with Crippen LogP contribution in [0.2, 0.25) is 0 Å². The van der Waals surface area contributed by atoms with Crippen LogP contribution in [0.1, 0.15) is 106 Å². The predicted molar refractivity (Wildman–Crippen MR) is 145 cm³/mol. The van der Waals surface area contributed by atoms with E-state index in [9.17, 15) is 0 Å². The maximum atomic E-state index is 4.02. The molecule has 0 unspecified atom stereocenters. The molecule has 0 aromatic carbocycles. The third-order valence-corrected chi connectivity index (χ3v) is 4.92. The molecular formula is C26H46N10. The number of rotatable bonds is 0. The first-order valence-corrected chi connectivity index (χ1v) is 12.1. The standard InChI is InChI=1S/2C7H12N2.2C6H11N3/c2*1-7(2,3)6-4-8-5-9-6;1-6(2,3)5-7-4-8-9-5;1-6(2,3)5-4-7-9-8-5/h2*4-5H,1-3H3,(H,8,9);2*4H,1-3H3,(H,7,8,9). The van der Waals surface area contributed by atoms with Crippen molar-refractivity contribution < 1.29 is 0 Å². The van der Waals surface area contributed by atoms with Crippen molar-refractivity contribution in [2.75, 3.05) is 0 Å². The lowest BCUT2D eigenvalue weighted by Gasteiger charge is -2.14. The van der Waals surface area contributed by atoms with E-state index in [1.807, 2.05) is 12.4 Å². The molecule has 10 heteroatoms. The zero-order valence-electron chi connectivity index (χ0n) is 24.1. The van der Waals surface area contributed by atoms with Crippen LogP contribution in [0.15, 0.2) is 37.6 Å². The van der Waals surface area contributed by atoms with Crippen LogP contribution in [0.5, 0.6) is 0 Å². The second-order valence-corrected chi connectivity index (χ2v) is 12.6. The predicted octanol–water partition coefficient (Wildman–Crippen LogP) is 5.62. The molecule has 0 amide bonds. The van der Waals surface area contributed by atoms with Crippen molar-refractivity contribution in [1.82, 2.24) is 50.5 Å². The molecule has 4 rings (SSSR count). The summed E-state index contributed by atoms with van der Waals surface area (Å²) in [5, 5.41) is 16.8. The van der Waals surface area contributed by atoms with Gasteiger partial charge in [0.25, 0.3) is 0 Å². The highest BCUT2D eigenvalue weighted by atomic mass is 15.3. The second-order valence-electron chi connectivity index (χ2n) is 12.6. The van der Waals surface area contributed by atoms with E-state index in [-0.39, 0.29) is 21.7 Å². The van der Waals surface area contributed by atoms with Crippen molar-refractivity contribution in [3.8, 4) is 0 Å². The molecule has 0 aliphatic carbocycles. The third-order valence-electron chi connectivity index (χ3n) is 4.92. The maximum absolute atomic E-state index is 4.02. The first-order chi connectivity index (χ1) is 16.4. The molecule has 0 aliphatic heterocycles. The summed E-state index contributed by atoms with van der Waals surface area (Å²) in [6.45, 7) is 25.5. The summed E-state index contributed by atoms with van der Waals surface area (Å²) < 4.78 is 0. The van der Waals surface area contributed by atoms with E-state index in [1.165, 1.54) is 17.7 Å². The van der Waals surface area contributed by atoms with Crippen molar-refractivity contribution in [3.63, 3.8) is 0 Å². The van der Waals surface area contributed by atoms with Crippen LogP contribution < -0.4 is 0 Å². The zero-order valence-corrected chi connectivity index (χ0v) is 24.1. The summed E-state index contributed by atoms with van der Waals surface area (Å²) in [7, 11) is 0. The lowest BCUT2D eigenvalue weighted by Crippen LogP contribution is -2.13. The first kappa shape index (κ1) is 30.7. The molecule has 0 saturated carbocycles. The minimum Gasteiger partial charge on any atom is -0.348 e. The minimum atomic E-state index is 0.0938. The summed E-state index contributed by atoms with van der Waals surface area (Å²) in [5.74, 6) is 0.933. The van der Waals surface area contributed by atoms with Crippen LogP contribution in [0.4, 0.5) is 0 Å². The largest absolute Gasteiger partial charge is 0.348 e. The van der Waals surface area contributed by atoms with E-state index in [1.54, 1.807) is 18.9 Å². The summed E-state index contributed by atoms with van der Waals surface area (Å²) >= 11 is 0. The summed E-state index contributed by atoms with van der Waals surface area (Å²) in [4.78, 5) is 18.0. The Labute approximate surface area is 216 Å². The Bertz CT molecular complexity index is 857. The molecule has 4 aromatic heterocycles. The smallest absolute Gasteiger partial charge is 0.137 e. The molecule has 4 aromatic rings. The minimum absolute atomic E-state index is 0.0938. The first-order valence-electron chi connectivity index (χ1n) is 12.1. The molecule has 0 bridgehead atoms. The lowest BCUT2D eigenvalue weighted by atomic mass is 9.93. The van der Waals surface area contributed by atoms with Gasteiger partial charge in [-0.15, -0.1) is 0 Å². The van der Waals surface area contributed by atoms with Crippen LogP contribution in [0.25, 0.3) is 0 Å². The fourth-order valence-corrected chi connectivity index (χ4v) is 2.46. The van der Waals surface area contributed by atoms with Gasteiger partial charge in [0.05, 0.1) is 24.5 Å². The Morgan fingerprint density at radius 1 is 0.583 bits per heavy atom. The molecule has 0 radical (unpaired) electrons. The number of nitrogens with zero attached hydrogens (tertiary/aromatic N) is 6. The topological polar surface area (TPSA) is 140 Å². The highest BCUT2D eigenvalue weighted by molar-refractivity contribution is 5.08. The van der Waals surface area contributed by atoms with E-state index >= 15 is 0 Å². The van der Waals surface area contributed by atoms with Gasteiger partial charge in [-0.2, -0.15) is 20.5 Å². The summed E-state index contributed by atoms with van der Waals surface area (Å²) in [6, 6.07) is 0. The number of hydrogen-bond acceptors (Lipinski definition) is 6. The van der Waals surface area contributed by atoms with Crippen LogP contribution in [0.3, 0.4) is 0 Å². The number of aromatic amines is 4. The SMILES string of the molecule is CC(C)(C)c1cn[nH]n1.CC(C)(C)c1cnc[nH]1.CC(C)(C)c1cnc[nH]1.CC(C)(C)c1ncn[nH]1. The zero-order chi connectivity index (χ0) is 27.6. The van der Waals surface area contributed by atoms with E-state index in [4.69, 9.17) is 0 Å². The van der Waals surface area contributed by atoms with Crippen molar-refractivity contribution in [1.29, 1.82) is 0 Å². The highest BCUT2D eigenvalue weighted by Crippen LogP contribution is 2.19. The van der Waals surface area contributed by atoms with Crippen molar-refractivity contribution in [3.05, 3.63) is 60.5 Å². The molecule has 0 atom stereocenters. The monoisotopic (exact) mass is 498 g/mol. The molecule has 0 saturated heterocycles. The van der Waals surface area contributed by atoms with Gasteiger partial charge in [-0.25, -0.2) is 15.0 Å². The average molecular weight is 499 g/mol. The van der Waals surface area contributed by atoms with Gasteiger partial charge in [-0.1, -0.05) is 83.1 Å². The van der Waals surface area contributed by atoms with Gasteiger partial charge in [-0.05, 0) is 0 Å². The van der Waals surface area contributed by atoms with Crippen LogP contribution in [0, 0.1) is 0 Å². The van der Waals surface area contributed by atoms with E-state index in [2.05, 4.69) is 134 Å². The van der Waals surface area contributed by atoms with Crippen molar-refractivity contribution in [2.24, 2.45) is 0 Å². The quantitative estimate of drug-likeness (QED) is 0.248. The van der Waals surface area contributed by atoms with E-state index < -0.39 is 0 Å². The van der Waals surface area contributed by atoms with Crippen LogP contribution in [-0.2, 0) is 21.7 Å². The molecular weight excluding hydrogens is 452 g/mol. The van der Waals surface area contributed by atoms with Gasteiger partial charge < -0.3 is 9.97 Å². The third kappa shape index (κ3) is 11.4. The maximum Gasteiger partial charge on any atom is 0.137 e. The van der Waals surface area contributed by atoms with Crippen molar-refractivity contribution in [2.45, 2.75) is 105 Å². The number of H-pyrrole nitrogens is 4. The Balaban J connectivity index is 0.000000240. The molecule has 4 N–H and O–H groups in total. The molecule has 36 heavy (non-hydrogen) atoms. The Kier molecular flexibility index (Phi) is 10.8. The van der Waals surface area contributed by atoms with Crippen LogP contribution in [-0.4, -0.2) is 50.5 Å². The van der Waals surface area contributed by atoms with Gasteiger partial charge in [-0.3, -0.25) is 5.10 Å². The molecule has 10 nitrogen and oxygen atoms in total. The summed E-state index contributed by atoms with van der Waals surface area (Å²) in [5.41, 5.74) is 3.99. The van der Waals surface area contributed by atoms with Gasteiger partial charge in [0.2, 0.25) is 0 Å².